The number of amides is 3. The van der Waals surface area contributed by atoms with E-state index in [-0.39, 0.29) is 24.0 Å². The lowest BCUT2D eigenvalue weighted by Gasteiger charge is -2.24. The number of carboxylic acid groups (broad SMARTS) is 1. The zero-order valence-corrected chi connectivity index (χ0v) is 20.7. The van der Waals surface area contributed by atoms with Crippen molar-refractivity contribution in [1.82, 2.24) is 15.5 Å². The molecule has 2 aromatic carbocycles. The zero-order chi connectivity index (χ0) is 30.6. The van der Waals surface area contributed by atoms with Crippen molar-refractivity contribution >= 4 is 60.2 Å². The summed E-state index contributed by atoms with van der Waals surface area (Å²) in [4.78, 5) is 71.7. The van der Waals surface area contributed by atoms with Crippen molar-refractivity contribution < 1.29 is 54.2 Å². The number of likely N-dealkylation sites (tertiary alicyclic amines) is 1. The SMILES string of the molecule is O=C(O)CNC(=O)[C@@H]1C[C@H](NC(=O)c2cc(B(O)O)cc([N+](=O)[O-])c2)CN1C(=O)c1cc(B(O)O)cc([N+](=O)[O-])c1. The molecule has 18 nitrogen and oxygen atoms in total. The quantitative estimate of drug-likeness (QED) is 0.0814. The van der Waals surface area contributed by atoms with Crippen molar-refractivity contribution in [3.05, 3.63) is 67.8 Å². The van der Waals surface area contributed by atoms with Gasteiger partial charge in [0.25, 0.3) is 23.2 Å². The van der Waals surface area contributed by atoms with Crippen molar-refractivity contribution in [2.75, 3.05) is 13.1 Å². The third-order valence-corrected chi connectivity index (χ3v) is 6.02. The molecule has 1 fully saturated rings. The fourth-order valence-corrected chi connectivity index (χ4v) is 4.16. The number of carboxylic acids is 1. The lowest BCUT2D eigenvalue weighted by Crippen LogP contribution is -2.47. The maximum Gasteiger partial charge on any atom is 0.488 e. The Kier molecular flexibility index (Phi) is 9.35. The van der Waals surface area contributed by atoms with Crippen LogP contribution in [0.1, 0.15) is 27.1 Å². The van der Waals surface area contributed by atoms with Gasteiger partial charge in [-0.05, 0) is 29.5 Å². The van der Waals surface area contributed by atoms with E-state index in [1.807, 2.05) is 0 Å². The number of hydrogen-bond donors (Lipinski definition) is 7. The molecule has 20 heteroatoms. The minimum atomic E-state index is -2.18. The molecule has 0 spiro atoms. The van der Waals surface area contributed by atoms with Gasteiger partial charge in [-0.3, -0.25) is 39.4 Å². The largest absolute Gasteiger partial charge is 0.488 e. The number of rotatable bonds is 10. The highest BCUT2D eigenvalue weighted by Gasteiger charge is 2.41. The molecule has 3 amide bonds. The summed E-state index contributed by atoms with van der Waals surface area (Å²) < 4.78 is 0. The molecule has 0 unspecified atom stereocenters. The van der Waals surface area contributed by atoms with Crippen LogP contribution >= 0.6 is 0 Å². The number of nitrogens with one attached hydrogen (secondary N) is 2. The van der Waals surface area contributed by atoms with Crippen LogP contribution in [0.15, 0.2) is 36.4 Å². The molecule has 0 aromatic heterocycles. The van der Waals surface area contributed by atoms with Crippen molar-refractivity contribution in [2.24, 2.45) is 0 Å². The summed E-state index contributed by atoms with van der Waals surface area (Å²) in [7, 11) is -4.32. The number of aliphatic carboxylic acids is 1. The predicted octanol–water partition coefficient (Wildman–Crippen LogP) is -3.92. The van der Waals surface area contributed by atoms with Crippen molar-refractivity contribution in [3.63, 3.8) is 0 Å². The molecule has 0 aliphatic carbocycles. The summed E-state index contributed by atoms with van der Waals surface area (Å²) in [5.74, 6) is -4.28. The second-order valence-corrected chi connectivity index (χ2v) is 8.88. The lowest BCUT2D eigenvalue weighted by atomic mass is 9.79. The van der Waals surface area contributed by atoms with Crippen LogP contribution in [0, 0.1) is 20.2 Å². The van der Waals surface area contributed by atoms with Gasteiger partial charge in [-0.2, -0.15) is 0 Å². The molecule has 2 aromatic rings. The fraction of sp³-hybridized carbons (Fsp3) is 0.238. The summed E-state index contributed by atoms with van der Waals surface area (Å²) in [6.45, 7) is -1.20. The second kappa shape index (κ2) is 12.5. The van der Waals surface area contributed by atoms with Gasteiger partial charge in [0.05, 0.1) is 9.85 Å². The molecular weight excluding hydrogens is 552 g/mol. The second-order valence-electron chi connectivity index (χ2n) is 8.88. The third-order valence-electron chi connectivity index (χ3n) is 6.02. The maximum absolute atomic E-state index is 13.4. The topological polar surface area (TPSA) is 283 Å². The smallest absolute Gasteiger partial charge is 0.480 e. The summed E-state index contributed by atoms with van der Waals surface area (Å²) >= 11 is 0. The Morgan fingerprint density at radius 1 is 0.878 bits per heavy atom. The van der Waals surface area contributed by atoms with Gasteiger partial charge in [0, 0.05) is 48.0 Å². The summed E-state index contributed by atoms with van der Waals surface area (Å²) in [6, 6.07) is 2.89. The number of hydrogen-bond acceptors (Lipinski definition) is 12. The first-order valence-corrected chi connectivity index (χ1v) is 11.6. The van der Waals surface area contributed by atoms with E-state index in [0.717, 1.165) is 41.3 Å². The maximum atomic E-state index is 13.4. The van der Waals surface area contributed by atoms with E-state index in [2.05, 4.69) is 10.6 Å². The van der Waals surface area contributed by atoms with Gasteiger partial charge in [-0.1, -0.05) is 0 Å². The van der Waals surface area contributed by atoms with Crippen LogP contribution in [0.2, 0.25) is 0 Å². The van der Waals surface area contributed by atoms with Crippen LogP contribution in [0.25, 0.3) is 0 Å². The van der Waals surface area contributed by atoms with Gasteiger partial charge in [0.1, 0.15) is 12.6 Å². The van der Waals surface area contributed by atoms with E-state index in [1.54, 1.807) is 0 Å². The van der Waals surface area contributed by atoms with Gasteiger partial charge in [0.2, 0.25) is 5.91 Å². The molecule has 1 heterocycles. The Labute approximate surface area is 229 Å². The normalized spacial score (nSPS) is 16.0. The van der Waals surface area contributed by atoms with E-state index in [0.29, 0.717) is 0 Å². The standard InChI is InChI=1S/C21H21B2N5O13/c29-18(30)8-24-20(32)17-7-14(25-19(31)10-1-12(22(34)35)5-15(3-10)27(38)39)9-26(17)21(33)11-2-13(23(36)37)6-16(4-11)28(40)41/h1-6,14,17,34-37H,7-9H2,(H,24,32)(H,25,31)(H,29,30)/t14-,17-/m0/s1. The van der Waals surface area contributed by atoms with Crippen LogP contribution < -0.4 is 21.6 Å². The Hall–Kier alpha value is -4.91. The van der Waals surface area contributed by atoms with Gasteiger partial charge < -0.3 is 40.7 Å². The monoisotopic (exact) mass is 573 g/mol. The average Bonchev–Trinajstić information content (AvgIpc) is 3.34. The number of benzene rings is 2. The summed E-state index contributed by atoms with van der Waals surface area (Å²) in [5, 5.41) is 73.8. The summed E-state index contributed by atoms with van der Waals surface area (Å²) in [5.41, 5.74) is -2.80. The molecule has 1 aliphatic heterocycles. The van der Waals surface area contributed by atoms with E-state index < -0.39 is 88.8 Å². The Bertz CT molecular complexity index is 1420. The van der Waals surface area contributed by atoms with Gasteiger partial charge in [-0.15, -0.1) is 0 Å². The van der Waals surface area contributed by atoms with Crippen LogP contribution in [-0.2, 0) is 9.59 Å². The van der Waals surface area contributed by atoms with Gasteiger partial charge in [0.15, 0.2) is 0 Å². The first-order chi connectivity index (χ1) is 19.2. The van der Waals surface area contributed by atoms with Crippen molar-refractivity contribution in [1.29, 1.82) is 0 Å². The molecule has 41 heavy (non-hydrogen) atoms. The summed E-state index contributed by atoms with van der Waals surface area (Å²) in [6.07, 6.45) is -0.280. The lowest BCUT2D eigenvalue weighted by molar-refractivity contribution is -0.385. The highest BCUT2D eigenvalue weighted by molar-refractivity contribution is 6.59. The molecular formula is C21H21B2N5O13. The van der Waals surface area contributed by atoms with Gasteiger partial charge in [-0.25, -0.2) is 0 Å². The van der Waals surface area contributed by atoms with Crippen LogP contribution in [0.4, 0.5) is 11.4 Å². The molecule has 0 radical (unpaired) electrons. The fourth-order valence-electron chi connectivity index (χ4n) is 4.16. The molecule has 0 bridgehead atoms. The highest BCUT2D eigenvalue weighted by Crippen LogP contribution is 2.23. The van der Waals surface area contributed by atoms with Crippen LogP contribution in [-0.4, -0.2) is 103 Å². The Balaban J connectivity index is 1.93. The van der Waals surface area contributed by atoms with Gasteiger partial charge >= 0.3 is 20.2 Å². The molecule has 2 atom stereocenters. The van der Waals surface area contributed by atoms with E-state index >= 15 is 0 Å². The predicted molar refractivity (Wildman–Crippen MR) is 137 cm³/mol. The molecule has 1 saturated heterocycles. The number of nitro benzene ring substituents is 2. The van der Waals surface area contributed by atoms with Crippen molar-refractivity contribution in [2.45, 2.75) is 18.5 Å². The number of carbonyl (C=O) groups is 4. The van der Waals surface area contributed by atoms with Crippen molar-refractivity contribution in [3.8, 4) is 0 Å². The minimum Gasteiger partial charge on any atom is -0.480 e. The number of carbonyl (C=O) groups excluding carboxylic acids is 3. The first-order valence-electron chi connectivity index (χ1n) is 11.6. The number of nitrogens with zero attached hydrogens (tertiary/aromatic N) is 3. The van der Waals surface area contributed by atoms with E-state index in [1.165, 1.54) is 0 Å². The minimum absolute atomic E-state index is 0.280. The van der Waals surface area contributed by atoms with Crippen LogP contribution in [0.5, 0.6) is 0 Å². The van der Waals surface area contributed by atoms with E-state index in [9.17, 15) is 59.5 Å². The zero-order valence-electron chi connectivity index (χ0n) is 20.7. The number of nitro groups is 2. The molecule has 1 aliphatic rings. The molecule has 214 valence electrons. The number of non-ortho nitro benzene ring substituents is 2. The molecule has 7 N–H and O–H groups in total. The molecule has 3 rings (SSSR count). The van der Waals surface area contributed by atoms with E-state index in [4.69, 9.17) is 5.11 Å². The first kappa shape index (κ1) is 30.6. The highest BCUT2D eigenvalue weighted by atomic mass is 16.6. The Morgan fingerprint density at radius 3 is 1.88 bits per heavy atom. The third kappa shape index (κ3) is 7.39. The Morgan fingerprint density at radius 2 is 1.39 bits per heavy atom. The molecule has 0 saturated carbocycles. The average molecular weight is 573 g/mol. The van der Waals surface area contributed by atoms with Crippen LogP contribution in [0.3, 0.4) is 0 Å².